The van der Waals surface area contributed by atoms with Crippen LogP contribution in [0.1, 0.15) is 17.3 Å². The van der Waals surface area contributed by atoms with Gasteiger partial charge < -0.3 is 16.0 Å². The number of anilines is 4. The van der Waals surface area contributed by atoms with Crippen LogP contribution in [0, 0.1) is 0 Å². The molecule has 2 aromatic carbocycles. The van der Waals surface area contributed by atoms with Gasteiger partial charge in [0, 0.05) is 40.8 Å². The van der Waals surface area contributed by atoms with Gasteiger partial charge in [-0.05, 0) is 60.7 Å². The van der Waals surface area contributed by atoms with Gasteiger partial charge >= 0.3 is 0 Å². The maximum atomic E-state index is 12.5. The molecule has 0 spiro atoms. The molecule has 7 heteroatoms. The molecule has 3 rings (SSSR count). The van der Waals surface area contributed by atoms with Gasteiger partial charge in [-0.1, -0.05) is 11.6 Å². The molecule has 1 heterocycles. The van der Waals surface area contributed by atoms with E-state index in [-0.39, 0.29) is 11.8 Å². The quantitative estimate of drug-likeness (QED) is 0.599. The molecule has 0 aliphatic carbocycles. The molecular formula is C20H17ClN4O2. The molecule has 27 heavy (non-hydrogen) atoms. The van der Waals surface area contributed by atoms with Crippen molar-refractivity contribution in [3.8, 4) is 0 Å². The van der Waals surface area contributed by atoms with Crippen molar-refractivity contribution in [1.29, 1.82) is 0 Å². The summed E-state index contributed by atoms with van der Waals surface area (Å²) in [6.45, 7) is 1.44. The van der Waals surface area contributed by atoms with E-state index in [0.717, 1.165) is 5.69 Å². The lowest BCUT2D eigenvalue weighted by Crippen LogP contribution is -2.12. The fraction of sp³-hybridized carbons (Fsp3) is 0.0500. The average Bonchev–Trinajstić information content (AvgIpc) is 2.65. The first kappa shape index (κ1) is 18.4. The Bertz CT molecular complexity index is 956. The van der Waals surface area contributed by atoms with Gasteiger partial charge in [-0.25, -0.2) is 4.98 Å². The first-order valence-corrected chi connectivity index (χ1v) is 8.55. The molecule has 0 aliphatic rings. The van der Waals surface area contributed by atoms with E-state index in [0.29, 0.717) is 27.8 Å². The number of aromatic nitrogens is 1. The lowest BCUT2D eigenvalue weighted by Gasteiger charge is -2.09. The lowest BCUT2D eigenvalue weighted by atomic mass is 10.2. The van der Waals surface area contributed by atoms with Gasteiger partial charge in [0.15, 0.2) is 0 Å². The Morgan fingerprint density at radius 3 is 2.07 bits per heavy atom. The van der Waals surface area contributed by atoms with Crippen molar-refractivity contribution in [3.05, 3.63) is 77.4 Å². The van der Waals surface area contributed by atoms with Crippen molar-refractivity contribution in [2.45, 2.75) is 6.92 Å². The second-order valence-corrected chi connectivity index (χ2v) is 6.21. The van der Waals surface area contributed by atoms with E-state index in [4.69, 9.17) is 11.6 Å². The smallest absolute Gasteiger partial charge is 0.255 e. The molecular weight excluding hydrogens is 364 g/mol. The fourth-order valence-electron chi connectivity index (χ4n) is 2.36. The molecule has 1 aromatic heterocycles. The minimum absolute atomic E-state index is 0.149. The highest BCUT2D eigenvalue weighted by molar-refractivity contribution is 6.30. The van der Waals surface area contributed by atoms with Gasteiger partial charge in [0.2, 0.25) is 5.91 Å². The Labute approximate surface area is 161 Å². The molecule has 136 valence electrons. The summed E-state index contributed by atoms with van der Waals surface area (Å²) >= 11 is 5.88. The highest BCUT2D eigenvalue weighted by Crippen LogP contribution is 2.19. The van der Waals surface area contributed by atoms with E-state index < -0.39 is 0 Å². The van der Waals surface area contributed by atoms with Crippen LogP contribution in [-0.4, -0.2) is 16.8 Å². The monoisotopic (exact) mass is 380 g/mol. The highest BCUT2D eigenvalue weighted by atomic mass is 35.5. The standard InChI is InChI=1S/C20H17ClN4O2/c1-13(26)23-16-6-8-18(9-7-16)25-20(27)14-10-11-22-19(12-14)24-17-4-2-15(21)3-5-17/h2-12H,1H3,(H,22,24)(H,23,26)(H,25,27). The SMILES string of the molecule is CC(=O)Nc1ccc(NC(=O)c2ccnc(Nc3ccc(Cl)cc3)c2)cc1. The first-order valence-electron chi connectivity index (χ1n) is 8.17. The Kier molecular flexibility index (Phi) is 5.68. The lowest BCUT2D eigenvalue weighted by molar-refractivity contribution is -0.114. The Morgan fingerprint density at radius 2 is 1.44 bits per heavy atom. The molecule has 0 saturated heterocycles. The number of nitrogens with one attached hydrogen (secondary N) is 3. The summed E-state index contributed by atoms with van der Waals surface area (Å²) in [5.74, 6) is 0.138. The molecule has 0 atom stereocenters. The zero-order chi connectivity index (χ0) is 19.2. The third-order valence-electron chi connectivity index (χ3n) is 3.60. The molecule has 0 aliphatic heterocycles. The minimum Gasteiger partial charge on any atom is -0.340 e. The summed E-state index contributed by atoms with van der Waals surface area (Å²) in [7, 11) is 0. The number of hydrogen-bond donors (Lipinski definition) is 3. The molecule has 0 radical (unpaired) electrons. The predicted molar refractivity (Wildman–Crippen MR) is 108 cm³/mol. The number of benzene rings is 2. The minimum atomic E-state index is -0.260. The van der Waals surface area contributed by atoms with Crippen LogP contribution in [0.2, 0.25) is 5.02 Å². The van der Waals surface area contributed by atoms with E-state index in [1.54, 1.807) is 54.7 Å². The summed E-state index contributed by atoms with van der Waals surface area (Å²) in [6, 6.07) is 17.4. The van der Waals surface area contributed by atoms with E-state index in [2.05, 4.69) is 20.9 Å². The van der Waals surface area contributed by atoms with Crippen LogP contribution in [0.3, 0.4) is 0 Å². The maximum Gasteiger partial charge on any atom is 0.255 e. The number of amides is 2. The number of nitrogens with zero attached hydrogens (tertiary/aromatic N) is 1. The molecule has 0 saturated carbocycles. The van der Waals surface area contributed by atoms with Crippen molar-refractivity contribution in [2.75, 3.05) is 16.0 Å². The number of carbonyl (C=O) groups excluding carboxylic acids is 2. The average molecular weight is 381 g/mol. The summed E-state index contributed by atoms with van der Waals surface area (Å²) < 4.78 is 0. The van der Waals surface area contributed by atoms with Crippen molar-refractivity contribution in [2.24, 2.45) is 0 Å². The molecule has 2 amide bonds. The van der Waals surface area contributed by atoms with Gasteiger partial charge in [-0.15, -0.1) is 0 Å². The van der Waals surface area contributed by atoms with Gasteiger partial charge in [-0.2, -0.15) is 0 Å². The van der Waals surface area contributed by atoms with Gasteiger partial charge in [0.25, 0.3) is 5.91 Å². The van der Waals surface area contributed by atoms with Crippen molar-refractivity contribution >= 4 is 46.3 Å². The van der Waals surface area contributed by atoms with E-state index >= 15 is 0 Å². The van der Waals surface area contributed by atoms with E-state index in [9.17, 15) is 9.59 Å². The summed E-state index contributed by atoms with van der Waals surface area (Å²) in [5, 5.41) is 9.26. The zero-order valence-electron chi connectivity index (χ0n) is 14.5. The van der Waals surface area contributed by atoms with Gasteiger partial charge in [0.05, 0.1) is 0 Å². The molecule has 3 N–H and O–H groups in total. The Hall–Kier alpha value is -3.38. The number of hydrogen-bond acceptors (Lipinski definition) is 4. The molecule has 0 bridgehead atoms. The number of halogens is 1. The highest BCUT2D eigenvalue weighted by Gasteiger charge is 2.08. The summed E-state index contributed by atoms with van der Waals surface area (Å²) in [4.78, 5) is 27.7. The molecule has 0 fully saturated rings. The third-order valence-corrected chi connectivity index (χ3v) is 3.85. The summed E-state index contributed by atoms with van der Waals surface area (Å²) in [6.07, 6.45) is 1.56. The first-order chi connectivity index (χ1) is 13.0. The fourth-order valence-corrected chi connectivity index (χ4v) is 2.49. The van der Waals surface area contributed by atoms with Crippen molar-refractivity contribution in [1.82, 2.24) is 4.98 Å². The normalized spacial score (nSPS) is 10.1. The molecule has 0 unspecified atom stereocenters. The summed E-state index contributed by atoms with van der Waals surface area (Å²) in [5.41, 5.74) is 2.57. The van der Waals surface area contributed by atoms with Crippen LogP contribution in [0.4, 0.5) is 22.9 Å². The van der Waals surface area contributed by atoms with E-state index in [1.165, 1.54) is 6.92 Å². The Balaban J connectivity index is 1.67. The topological polar surface area (TPSA) is 83.1 Å². The molecule has 3 aromatic rings. The van der Waals surface area contributed by atoms with Gasteiger partial charge in [-0.3, -0.25) is 9.59 Å². The van der Waals surface area contributed by atoms with Crippen LogP contribution < -0.4 is 16.0 Å². The Morgan fingerprint density at radius 1 is 0.852 bits per heavy atom. The predicted octanol–water partition coefficient (Wildman–Crippen LogP) is 4.69. The number of pyridine rings is 1. The zero-order valence-corrected chi connectivity index (χ0v) is 15.2. The van der Waals surface area contributed by atoms with Crippen LogP contribution in [0.5, 0.6) is 0 Å². The van der Waals surface area contributed by atoms with Crippen LogP contribution in [0.15, 0.2) is 66.9 Å². The van der Waals surface area contributed by atoms with E-state index in [1.807, 2.05) is 12.1 Å². The van der Waals surface area contributed by atoms with Crippen molar-refractivity contribution in [3.63, 3.8) is 0 Å². The molecule has 6 nitrogen and oxygen atoms in total. The van der Waals surface area contributed by atoms with Crippen LogP contribution in [0.25, 0.3) is 0 Å². The number of carbonyl (C=O) groups is 2. The third kappa shape index (κ3) is 5.29. The maximum absolute atomic E-state index is 12.5. The number of rotatable bonds is 5. The largest absolute Gasteiger partial charge is 0.340 e. The second kappa shape index (κ2) is 8.33. The van der Waals surface area contributed by atoms with Crippen LogP contribution in [-0.2, 0) is 4.79 Å². The van der Waals surface area contributed by atoms with Crippen LogP contribution >= 0.6 is 11.6 Å². The van der Waals surface area contributed by atoms with Gasteiger partial charge in [0.1, 0.15) is 5.82 Å². The second-order valence-electron chi connectivity index (χ2n) is 5.77. The van der Waals surface area contributed by atoms with Crippen molar-refractivity contribution < 1.29 is 9.59 Å².